The van der Waals surface area contributed by atoms with Gasteiger partial charge in [0, 0.05) is 30.9 Å². The Hall–Kier alpha value is -2.38. The summed E-state index contributed by atoms with van der Waals surface area (Å²) in [5.74, 6) is 0.578. The van der Waals surface area contributed by atoms with Crippen molar-refractivity contribution in [2.24, 2.45) is 5.92 Å². The Morgan fingerprint density at radius 1 is 1.14 bits per heavy atom. The molecule has 0 fully saturated rings. The van der Waals surface area contributed by atoms with Crippen LogP contribution in [0.3, 0.4) is 0 Å². The highest BCUT2D eigenvalue weighted by molar-refractivity contribution is 5.50. The zero-order chi connectivity index (χ0) is 16.5. The van der Waals surface area contributed by atoms with E-state index in [4.69, 9.17) is 0 Å². The predicted octanol–water partition coefficient (Wildman–Crippen LogP) is 3.05. The third kappa shape index (κ3) is 6.38. The molecule has 0 N–H and O–H groups in total. The quantitative estimate of drug-likeness (QED) is 0.486. The fourth-order valence-electron chi connectivity index (χ4n) is 2.07. The topological polar surface area (TPSA) is 98.8 Å². The Balaban J connectivity index is 2.69. The van der Waals surface area contributed by atoms with Gasteiger partial charge in [-0.3, -0.25) is 10.1 Å². The molecular weight excluding hydrogens is 290 g/mol. The molecule has 0 amide bonds. The van der Waals surface area contributed by atoms with Crippen molar-refractivity contribution < 1.29 is 14.8 Å². The van der Waals surface area contributed by atoms with Crippen LogP contribution < -0.4 is 4.90 Å². The zero-order valence-electron chi connectivity index (χ0n) is 12.8. The Morgan fingerprint density at radius 3 is 2.27 bits per heavy atom. The average Bonchev–Trinajstić information content (AvgIpc) is 2.45. The molecular formula is C14H21N3O5. The first kappa shape index (κ1) is 17.7. The summed E-state index contributed by atoms with van der Waals surface area (Å²) in [6.07, 6.45) is 1.98. The number of nitro groups is 1. The summed E-state index contributed by atoms with van der Waals surface area (Å²) >= 11 is 0. The molecule has 8 nitrogen and oxygen atoms in total. The highest BCUT2D eigenvalue weighted by atomic mass is 16.9. The van der Waals surface area contributed by atoms with Crippen LogP contribution >= 0.6 is 0 Å². The third-order valence-electron chi connectivity index (χ3n) is 3.19. The Bertz CT molecular complexity index is 490. The van der Waals surface area contributed by atoms with Crippen molar-refractivity contribution in [1.29, 1.82) is 0 Å². The monoisotopic (exact) mass is 311 g/mol. The molecule has 0 saturated heterocycles. The van der Waals surface area contributed by atoms with Crippen LogP contribution in [0.4, 0.5) is 11.4 Å². The maximum atomic E-state index is 10.7. The second kappa shape index (κ2) is 8.81. The number of nitro benzene ring substituents is 1. The Labute approximate surface area is 128 Å². The van der Waals surface area contributed by atoms with Crippen LogP contribution in [0.2, 0.25) is 0 Å². The molecule has 122 valence electrons. The van der Waals surface area contributed by atoms with Crippen molar-refractivity contribution in [1.82, 2.24) is 0 Å². The number of non-ortho nitro benzene ring substituents is 1. The summed E-state index contributed by atoms with van der Waals surface area (Å²) in [4.78, 5) is 26.7. The van der Waals surface area contributed by atoms with Gasteiger partial charge in [-0.2, -0.15) is 0 Å². The van der Waals surface area contributed by atoms with Crippen LogP contribution in [0.5, 0.6) is 0 Å². The van der Waals surface area contributed by atoms with E-state index in [-0.39, 0.29) is 12.3 Å². The minimum atomic E-state index is -0.817. The molecule has 0 atom stereocenters. The van der Waals surface area contributed by atoms with E-state index in [2.05, 4.69) is 18.7 Å². The van der Waals surface area contributed by atoms with Crippen LogP contribution in [0, 0.1) is 26.1 Å². The van der Waals surface area contributed by atoms with Gasteiger partial charge in [0.05, 0.1) is 4.92 Å². The van der Waals surface area contributed by atoms with Crippen LogP contribution in [0.25, 0.3) is 0 Å². The molecule has 0 aliphatic carbocycles. The van der Waals surface area contributed by atoms with Gasteiger partial charge in [0.2, 0.25) is 0 Å². The number of rotatable bonds is 10. The summed E-state index contributed by atoms with van der Waals surface area (Å²) in [7, 11) is 0. The van der Waals surface area contributed by atoms with Crippen molar-refractivity contribution in [2.45, 2.75) is 26.7 Å². The SMILES string of the molecule is CC(C)CCCN(CCO[N+](=O)[O-])c1ccc([N+](=O)[O-])cc1. The maximum absolute atomic E-state index is 10.7. The van der Waals surface area contributed by atoms with Crippen LogP contribution in [0.1, 0.15) is 26.7 Å². The van der Waals surface area contributed by atoms with E-state index >= 15 is 0 Å². The van der Waals surface area contributed by atoms with E-state index in [9.17, 15) is 20.2 Å². The van der Waals surface area contributed by atoms with E-state index in [0.717, 1.165) is 25.1 Å². The summed E-state index contributed by atoms with van der Waals surface area (Å²) < 4.78 is 0. The molecule has 0 aliphatic rings. The van der Waals surface area contributed by atoms with Crippen LogP contribution in [-0.4, -0.2) is 29.7 Å². The molecule has 0 unspecified atom stereocenters. The Kier molecular flexibility index (Phi) is 7.07. The largest absolute Gasteiger partial charge is 0.370 e. The molecule has 0 aromatic heterocycles. The lowest BCUT2D eigenvalue weighted by atomic mass is 10.1. The predicted molar refractivity (Wildman–Crippen MR) is 82.3 cm³/mol. The molecule has 0 saturated carbocycles. The van der Waals surface area contributed by atoms with Gasteiger partial charge in [0.25, 0.3) is 10.8 Å². The minimum Gasteiger partial charge on any atom is -0.370 e. The lowest BCUT2D eigenvalue weighted by Gasteiger charge is -2.24. The van der Waals surface area contributed by atoms with Crippen molar-refractivity contribution in [3.63, 3.8) is 0 Å². The number of anilines is 1. The first-order valence-corrected chi connectivity index (χ1v) is 7.17. The molecule has 1 aromatic rings. The van der Waals surface area contributed by atoms with Crippen LogP contribution in [0.15, 0.2) is 24.3 Å². The average molecular weight is 311 g/mol. The van der Waals surface area contributed by atoms with Gasteiger partial charge in [-0.25, -0.2) is 0 Å². The summed E-state index contributed by atoms with van der Waals surface area (Å²) in [6.45, 7) is 5.30. The highest BCUT2D eigenvalue weighted by Gasteiger charge is 2.10. The summed E-state index contributed by atoms with van der Waals surface area (Å²) in [5.41, 5.74) is 0.814. The van der Waals surface area contributed by atoms with Crippen molar-refractivity contribution in [3.05, 3.63) is 44.5 Å². The van der Waals surface area contributed by atoms with Gasteiger partial charge in [-0.15, -0.1) is 10.1 Å². The summed E-state index contributed by atoms with van der Waals surface area (Å²) in [5, 5.41) is 20.1. The molecule has 1 aromatic carbocycles. The fourth-order valence-corrected chi connectivity index (χ4v) is 2.07. The highest BCUT2D eigenvalue weighted by Crippen LogP contribution is 2.20. The molecule has 0 heterocycles. The van der Waals surface area contributed by atoms with Gasteiger partial charge in [0.1, 0.15) is 6.61 Å². The molecule has 8 heteroatoms. The van der Waals surface area contributed by atoms with Gasteiger partial charge in [-0.1, -0.05) is 13.8 Å². The first-order valence-electron chi connectivity index (χ1n) is 7.17. The summed E-state index contributed by atoms with van der Waals surface area (Å²) in [6, 6.07) is 6.16. The van der Waals surface area contributed by atoms with Gasteiger partial charge in [0.15, 0.2) is 0 Å². The molecule has 22 heavy (non-hydrogen) atoms. The van der Waals surface area contributed by atoms with E-state index in [0.29, 0.717) is 12.5 Å². The molecule has 1 rings (SSSR count). The van der Waals surface area contributed by atoms with E-state index in [1.165, 1.54) is 12.1 Å². The molecule has 0 bridgehead atoms. The van der Waals surface area contributed by atoms with Gasteiger partial charge >= 0.3 is 0 Å². The van der Waals surface area contributed by atoms with Gasteiger partial charge in [-0.05, 0) is 30.9 Å². The smallest absolute Gasteiger partial charge is 0.294 e. The number of hydrogen-bond acceptors (Lipinski definition) is 6. The standard InChI is InChI=1S/C14H21N3O5/c1-12(2)4-3-9-15(10-11-22-17(20)21)13-5-7-14(8-6-13)16(18)19/h5-8,12H,3-4,9-11H2,1-2H3. The Morgan fingerprint density at radius 2 is 1.77 bits per heavy atom. The van der Waals surface area contributed by atoms with Crippen molar-refractivity contribution in [2.75, 3.05) is 24.6 Å². The van der Waals surface area contributed by atoms with E-state index in [1.54, 1.807) is 12.1 Å². The van der Waals surface area contributed by atoms with Crippen molar-refractivity contribution >= 4 is 11.4 Å². The molecule has 0 aliphatic heterocycles. The van der Waals surface area contributed by atoms with Crippen molar-refractivity contribution in [3.8, 4) is 0 Å². The number of benzene rings is 1. The maximum Gasteiger partial charge on any atom is 0.294 e. The normalized spacial score (nSPS) is 10.5. The molecule has 0 radical (unpaired) electrons. The van der Waals surface area contributed by atoms with Gasteiger partial charge < -0.3 is 9.74 Å². The van der Waals surface area contributed by atoms with Crippen LogP contribution in [-0.2, 0) is 4.84 Å². The number of nitrogens with zero attached hydrogens (tertiary/aromatic N) is 3. The zero-order valence-corrected chi connectivity index (χ0v) is 12.8. The third-order valence-corrected chi connectivity index (χ3v) is 3.19. The molecule has 0 spiro atoms. The second-order valence-corrected chi connectivity index (χ2v) is 5.35. The minimum absolute atomic E-state index is 0.0208. The van der Waals surface area contributed by atoms with E-state index in [1.807, 2.05) is 4.90 Å². The fraction of sp³-hybridized carbons (Fsp3) is 0.571. The lowest BCUT2D eigenvalue weighted by Crippen LogP contribution is -2.29. The lowest BCUT2D eigenvalue weighted by molar-refractivity contribution is -0.757. The number of hydrogen-bond donors (Lipinski definition) is 0. The second-order valence-electron chi connectivity index (χ2n) is 5.35. The first-order chi connectivity index (χ1) is 10.4. The van der Waals surface area contributed by atoms with E-state index < -0.39 is 10.0 Å².